The number of rotatable bonds is 7. The van der Waals surface area contributed by atoms with E-state index in [9.17, 15) is 4.79 Å². The van der Waals surface area contributed by atoms with Crippen molar-refractivity contribution in [1.29, 1.82) is 0 Å². The molecule has 3 nitrogen and oxygen atoms in total. The van der Waals surface area contributed by atoms with E-state index in [1.54, 1.807) is 23.5 Å². The summed E-state index contributed by atoms with van der Waals surface area (Å²) in [6.45, 7) is 8.56. The normalized spacial score (nSPS) is 19.8. The lowest BCUT2D eigenvalue weighted by atomic mass is 9.78. The smallest absolute Gasteiger partial charge is 0.240 e. The predicted molar refractivity (Wildman–Crippen MR) is 137 cm³/mol. The number of thioether (sulfide) groups is 2. The first kappa shape index (κ1) is 23.5. The number of benzene rings is 2. The quantitative estimate of drug-likeness (QED) is 0.375. The summed E-state index contributed by atoms with van der Waals surface area (Å²) in [4.78, 5) is 12.7. The molecule has 1 amide bonds. The van der Waals surface area contributed by atoms with Gasteiger partial charge in [-0.2, -0.15) is 0 Å². The third-order valence-electron chi connectivity index (χ3n) is 5.07. The van der Waals surface area contributed by atoms with Crippen LogP contribution in [0.2, 0.25) is 0 Å². The van der Waals surface area contributed by atoms with E-state index in [1.165, 1.54) is 10.4 Å². The minimum Gasteiger partial charge on any atom is -0.407 e. The fourth-order valence-corrected chi connectivity index (χ4v) is 8.95. The van der Waals surface area contributed by atoms with Gasteiger partial charge < -0.3 is 9.74 Å². The Morgan fingerprint density at radius 3 is 2.07 bits per heavy atom. The van der Waals surface area contributed by atoms with E-state index >= 15 is 0 Å². The zero-order valence-electron chi connectivity index (χ0n) is 17.8. The van der Waals surface area contributed by atoms with Crippen LogP contribution in [-0.2, 0) is 9.22 Å². The van der Waals surface area contributed by atoms with Gasteiger partial charge in [-0.05, 0) is 21.5 Å². The summed E-state index contributed by atoms with van der Waals surface area (Å²) in [5, 5.41) is 5.46. The van der Waals surface area contributed by atoms with E-state index in [0.717, 1.165) is 9.28 Å². The standard InChI is InChI=1S/C23H29NO2S3Si/c1-5-28-22(27)29-21-18(20(25)24-21)19(23(2,3)4)26-30(16-12-8-6-9-13-16)17-14-10-7-11-15-17/h6-15,18-19,21,30H,5H2,1-4H3,(H,24,25). The molecule has 3 rings (SSSR count). The summed E-state index contributed by atoms with van der Waals surface area (Å²) < 4.78 is 7.82. The van der Waals surface area contributed by atoms with Crippen LogP contribution in [0.3, 0.4) is 0 Å². The molecule has 1 fully saturated rings. The van der Waals surface area contributed by atoms with Crippen molar-refractivity contribution in [2.24, 2.45) is 11.3 Å². The second kappa shape index (κ2) is 10.5. The largest absolute Gasteiger partial charge is 0.407 e. The van der Waals surface area contributed by atoms with Crippen molar-refractivity contribution in [3.8, 4) is 0 Å². The Kier molecular flexibility index (Phi) is 8.21. The number of carbonyl (C=O) groups is 1. The van der Waals surface area contributed by atoms with Crippen molar-refractivity contribution in [3.05, 3.63) is 60.7 Å². The van der Waals surface area contributed by atoms with Gasteiger partial charge in [-0.25, -0.2) is 0 Å². The lowest BCUT2D eigenvalue weighted by molar-refractivity contribution is -0.140. The first-order valence-corrected chi connectivity index (χ1v) is 14.1. The molecule has 1 aliphatic heterocycles. The highest BCUT2D eigenvalue weighted by Gasteiger charge is 2.50. The topological polar surface area (TPSA) is 38.3 Å². The Morgan fingerprint density at radius 2 is 1.63 bits per heavy atom. The van der Waals surface area contributed by atoms with Crippen LogP contribution in [0.1, 0.15) is 27.7 Å². The maximum Gasteiger partial charge on any atom is 0.240 e. The van der Waals surface area contributed by atoms with Crippen LogP contribution in [0.4, 0.5) is 0 Å². The molecule has 160 valence electrons. The summed E-state index contributed by atoms with van der Waals surface area (Å²) in [5.74, 6) is 0.784. The van der Waals surface area contributed by atoms with Crippen LogP contribution < -0.4 is 15.7 Å². The summed E-state index contributed by atoms with van der Waals surface area (Å²) in [7, 11) is -1.98. The van der Waals surface area contributed by atoms with E-state index in [4.69, 9.17) is 16.6 Å². The molecule has 1 N–H and O–H groups in total. The molecule has 0 saturated carbocycles. The maximum atomic E-state index is 12.7. The molecule has 0 aromatic heterocycles. The molecule has 1 aliphatic rings. The molecule has 1 heterocycles. The van der Waals surface area contributed by atoms with Gasteiger partial charge in [-0.1, -0.05) is 112 Å². The lowest BCUT2D eigenvalue weighted by Gasteiger charge is -2.47. The maximum absolute atomic E-state index is 12.7. The average Bonchev–Trinajstić information content (AvgIpc) is 2.71. The first-order valence-electron chi connectivity index (χ1n) is 10.2. The number of nitrogens with one attached hydrogen (secondary N) is 1. The summed E-state index contributed by atoms with van der Waals surface area (Å²) in [6, 6.07) is 20.9. The summed E-state index contributed by atoms with van der Waals surface area (Å²) in [5.41, 5.74) is -0.185. The Bertz CT molecular complexity index is 818. The molecule has 1 saturated heterocycles. The number of thiocarbonyl (C=S) groups is 1. The third-order valence-corrected chi connectivity index (χ3v) is 10.3. The molecule has 0 bridgehead atoms. The van der Waals surface area contributed by atoms with Crippen molar-refractivity contribution in [2.45, 2.75) is 39.2 Å². The van der Waals surface area contributed by atoms with Crippen LogP contribution in [0.15, 0.2) is 60.7 Å². The van der Waals surface area contributed by atoms with E-state index < -0.39 is 9.04 Å². The van der Waals surface area contributed by atoms with Crippen LogP contribution >= 0.6 is 35.7 Å². The molecule has 3 atom stereocenters. The molecule has 2 aromatic carbocycles. The number of amides is 1. The zero-order chi connectivity index (χ0) is 21.7. The van der Waals surface area contributed by atoms with Crippen molar-refractivity contribution in [2.75, 3.05) is 5.75 Å². The number of hydrogen-bond donors (Lipinski definition) is 1. The SMILES string of the molecule is CCSC(=S)SC1NC(=O)C1C(O[SiH](c1ccccc1)c1ccccc1)C(C)(C)C. The van der Waals surface area contributed by atoms with E-state index in [2.05, 4.69) is 81.5 Å². The van der Waals surface area contributed by atoms with Gasteiger partial charge in [0.15, 0.2) is 0 Å². The van der Waals surface area contributed by atoms with Gasteiger partial charge in [0.2, 0.25) is 14.9 Å². The van der Waals surface area contributed by atoms with Gasteiger partial charge in [0, 0.05) is 0 Å². The van der Waals surface area contributed by atoms with Crippen molar-refractivity contribution >= 4 is 64.6 Å². The van der Waals surface area contributed by atoms with Crippen molar-refractivity contribution in [1.82, 2.24) is 5.32 Å². The number of hydrogen-bond acceptors (Lipinski definition) is 5. The van der Waals surface area contributed by atoms with E-state index in [1.807, 2.05) is 12.1 Å². The third kappa shape index (κ3) is 5.76. The summed E-state index contributed by atoms with van der Waals surface area (Å²) >= 11 is 8.72. The molecule has 7 heteroatoms. The fourth-order valence-electron chi connectivity index (χ4n) is 3.60. The molecule has 30 heavy (non-hydrogen) atoms. The molecular formula is C23H29NO2S3Si. The highest BCUT2D eigenvalue weighted by molar-refractivity contribution is 8.47. The first-order chi connectivity index (χ1) is 14.3. The summed E-state index contributed by atoms with van der Waals surface area (Å²) in [6.07, 6.45) is -0.199. The molecular weight excluding hydrogens is 447 g/mol. The Labute approximate surface area is 195 Å². The molecule has 3 unspecified atom stereocenters. The highest BCUT2D eigenvalue weighted by Crippen LogP contribution is 2.40. The average molecular weight is 476 g/mol. The van der Waals surface area contributed by atoms with Gasteiger partial charge >= 0.3 is 0 Å². The Balaban J connectivity index is 1.90. The van der Waals surface area contributed by atoms with Gasteiger partial charge in [0.25, 0.3) is 0 Å². The second-order valence-electron chi connectivity index (χ2n) is 8.38. The van der Waals surface area contributed by atoms with Crippen LogP contribution in [-0.4, -0.2) is 35.7 Å². The van der Waals surface area contributed by atoms with Crippen LogP contribution in [0, 0.1) is 11.3 Å². The molecule has 2 aromatic rings. The number of carbonyl (C=O) groups excluding carboxylic acids is 1. The van der Waals surface area contributed by atoms with Crippen LogP contribution in [0.25, 0.3) is 0 Å². The Morgan fingerprint density at radius 1 is 1.10 bits per heavy atom. The molecule has 0 aliphatic carbocycles. The zero-order valence-corrected chi connectivity index (χ0v) is 21.4. The van der Waals surface area contributed by atoms with Gasteiger partial charge in [-0.3, -0.25) is 4.79 Å². The lowest BCUT2D eigenvalue weighted by Crippen LogP contribution is -2.65. The molecule has 0 radical (unpaired) electrons. The van der Waals surface area contributed by atoms with Crippen molar-refractivity contribution < 1.29 is 9.22 Å². The van der Waals surface area contributed by atoms with Gasteiger partial charge in [-0.15, -0.1) is 11.8 Å². The van der Waals surface area contributed by atoms with Gasteiger partial charge in [0.1, 0.15) is 3.53 Å². The predicted octanol–water partition coefficient (Wildman–Crippen LogP) is 3.80. The Hall–Kier alpha value is -1.12. The highest BCUT2D eigenvalue weighted by atomic mass is 32.2. The van der Waals surface area contributed by atoms with Gasteiger partial charge in [0.05, 0.1) is 17.4 Å². The minimum atomic E-state index is -1.98. The van der Waals surface area contributed by atoms with E-state index in [-0.39, 0.29) is 28.7 Å². The monoisotopic (exact) mass is 475 g/mol. The fraction of sp³-hybridized carbons (Fsp3) is 0.391. The minimum absolute atomic E-state index is 0.0329. The van der Waals surface area contributed by atoms with Crippen molar-refractivity contribution in [3.63, 3.8) is 0 Å². The van der Waals surface area contributed by atoms with Crippen LogP contribution in [0.5, 0.6) is 0 Å². The molecule has 0 spiro atoms. The number of β-lactam (4-membered cyclic amide) rings is 1. The van der Waals surface area contributed by atoms with E-state index in [0.29, 0.717) is 0 Å². The second-order valence-corrected chi connectivity index (χ2v) is 14.4.